The maximum absolute atomic E-state index is 6.36. The second-order valence-electron chi connectivity index (χ2n) is 5.08. The van der Waals surface area contributed by atoms with Crippen LogP contribution in [0.2, 0.25) is 5.02 Å². The molecule has 0 bridgehead atoms. The molecule has 2 aromatic rings. The summed E-state index contributed by atoms with van der Waals surface area (Å²) in [5, 5.41) is 0.522. The second kappa shape index (κ2) is 8.55. The first-order valence-electron chi connectivity index (χ1n) is 7.38. The summed E-state index contributed by atoms with van der Waals surface area (Å²) in [7, 11) is 1.61. The fourth-order valence-corrected chi connectivity index (χ4v) is 2.70. The van der Waals surface area contributed by atoms with Crippen molar-refractivity contribution >= 4 is 46.1 Å². The van der Waals surface area contributed by atoms with Crippen LogP contribution in [0.3, 0.4) is 0 Å². The van der Waals surface area contributed by atoms with E-state index in [0.29, 0.717) is 16.5 Å². The summed E-state index contributed by atoms with van der Waals surface area (Å²) in [6.45, 7) is 4.07. The third kappa shape index (κ3) is 4.85. The van der Waals surface area contributed by atoms with Crippen LogP contribution in [0.25, 0.3) is 0 Å². The van der Waals surface area contributed by atoms with Crippen LogP contribution in [0.5, 0.6) is 11.5 Å². The molecule has 0 aliphatic heterocycles. The summed E-state index contributed by atoms with van der Waals surface area (Å²) in [5.74, 6) is 1.19. The highest BCUT2D eigenvalue weighted by Crippen LogP contribution is 2.37. The predicted molar refractivity (Wildman–Crippen MR) is 105 cm³/mol. The van der Waals surface area contributed by atoms with Crippen molar-refractivity contribution in [2.75, 3.05) is 7.11 Å². The number of aliphatic imine (C=N–C) groups is 1. The summed E-state index contributed by atoms with van der Waals surface area (Å²) < 4.78 is 12.4. The number of rotatable bonds is 6. The first-order valence-corrected chi connectivity index (χ1v) is 8.83. The smallest absolute Gasteiger partial charge is 0.180 e. The molecule has 1 atom stereocenters. The molecule has 0 saturated heterocycles. The lowest BCUT2D eigenvalue weighted by molar-refractivity contribution is 0.208. The van der Waals surface area contributed by atoms with E-state index < -0.39 is 0 Å². The quantitative estimate of drug-likeness (QED) is 0.412. The van der Waals surface area contributed by atoms with Gasteiger partial charge in [0.2, 0.25) is 0 Å². The van der Waals surface area contributed by atoms with E-state index in [1.54, 1.807) is 13.3 Å². The Kier molecular flexibility index (Phi) is 6.72. The largest absolute Gasteiger partial charge is 0.493 e. The fourth-order valence-electron chi connectivity index (χ4n) is 1.91. The molecular weight excluding hydrogens is 425 g/mol. The van der Waals surface area contributed by atoms with E-state index in [2.05, 4.69) is 34.5 Å². The number of para-hydroxylation sites is 1. The molecule has 0 aromatic heterocycles. The van der Waals surface area contributed by atoms with Crippen LogP contribution in [0, 0.1) is 3.57 Å². The number of ether oxygens (including phenoxy) is 2. The predicted octanol–water partition coefficient (Wildman–Crippen LogP) is 5.88. The van der Waals surface area contributed by atoms with Crippen molar-refractivity contribution < 1.29 is 9.47 Å². The molecule has 0 amide bonds. The van der Waals surface area contributed by atoms with Gasteiger partial charge in [-0.25, -0.2) is 0 Å². The lowest BCUT2D eigenvalue weighted by Gasteiger charge is -2.17. The van der Waals surface area contributed by atoms with E-state index >= 15 is 0 Å². The highest BCUT2D eigenvalue weighted by Gasteiger charge is 2.14. The maximum Gasteiger partial charge on any atom is 0.180 e. The molecular formula is C18H19ClINO2. The molecule has 5 heteroatoms. The van der Waals surface area contributed by atoms with E-state index in [0.717, 1.165) is 21.2 Å². The van der Waals surface area contributed by atoms with Gasteiger partial charge in [0.15, 0.2) is 11.5 Å². The van der Waals surface area contributed by atoms with E-state index in [1.807, 2.05) is 43.3 Å². The number of methoxy groups -OCH3 is 1. The van der Waals surface area contributed by atoms with Gasteiger partial charge in [0.05, 0.1) is 23.9 Å². The minimum Gasteiger partial charge on any atom is -0.493 e. The Morgan fingerprint density at radius 1 is 1.30 bits per heavy atom. The average molecular weight is 444 g/mol. The molecule has 122 valence electrons. The van der Waals surface area contributed by atoms with E-state index in [9.17, 15) is 0 Å². The molecule has 23 heavy (non-hydrogen) atoms. The van der Waals surface area contributed by atoms with Crippen LogP contribution in [0.15, 0.2) is 41.4 Å². The van der Waals surface area contributed by atoms with Crippen LogP contribution in [-0.4, -0.2) is 19.4 Å². The minimum atomic E-state index is 0.0758. The molecule has 0 saturated carbocycles. The third-order valence-corrected chi connectivity index (χ3v) is 4.54. The minimum absolute atomic E-state index is 0.0758. The molecule has 0 aliphatic rings. The topological polar surface area (TPSA) is 30.8 Å². The molecule has 0 unspecified atom stereocenters. The van der Waals surface area contributed by atoms with Crippen molar-refractivity contribution in [1.82, 2.24) is 0 Å². The zero-order chi connectivity index (χ0) is 16.8. The van der Waals surface area contributed by atoms with E-state index in [4.69, 9.17) is 21.1 Å². The first kappa shape index (κ1) is 18.1. The van der Waals surface area contributed by atoms with Crippen LogP contribution < -0.4 is 9.47 Å². The van der Waals surface area contributed by atoms with Gasteiger partial charge in [-0.3, -0.25) is 4.99 Å². The number of hydrogen-bond donors (Lipinski definition) is 0. The molecule has 0 fully saturated rings. The fraction of sp³-hybridized carbons (Fsp3) is 0.278. The summed E-state index contributed by atoms with van der Waals surface area (Å²) in [6, 6.07) is 11.7. The van der Waals surface area contributed by atoms with Gasteiger partial charge >= 0.3 is 0 Å². The molecule has 3 nitrogen and oxygen atoms in total. The number of benzene rings is 2. The van der Waals surface area contributed by atoms with Crippen LogP contribution >= 0.6 is 34.2 Å². The zero-order valence-electron chi connectivity index (χ0n) is 13.3. The molecule has 0 radical (unpaired) electrons. The van der Waals surface area contributed by atoms with Gasteiger partial charge in [-0.1, -0.05) is 30.7 Å². The Labute approximate surface area is 155 Å². The highest BCUT2D eigenvalue weighted by molar-refractivity contribution is 14.1. The van der Waals surface area contributed by atoms with Gasteiger partial charge in [0, 0.05) is 9.78 Å². The Morgan fingerprint density at radius 2 is 2.04 bits per heavy atom. The van der Waals surface area contributed by atoms with Crippen molar-refractivity contribution in [3.05, 3.63) is 50.6 Å². The van der Waals surface area contributed by atoms with E-state index in [1.165, 1.54) is 0 Å². The molecule has 0 spiro atoms. The summed E-state index contributed by atoms with van der Waals surface area (Å²) in [4.78, 5) is 4.51. The lowest BCUT2D eigenvalue weighted by Crippen LogP contribution is -2.11. The maximum atomic E-state index is 6.36. The van der Waals surface area contributed by atoms with Gasteiger partial charge in [-0.05, 0) is 65.8 Å². The summed E-state index contributed by atoms with van der Waals surface area (Å²) in [5.41, 5.74) is 1.78. The van der Waals surface area contributed by atoms with Crippen molar-refractivity contribution in [1.29, 1.82) is 0 Å². The van der Waals surface area contributed by atoms with Crippen molar-refractivity contribution in [3.63, 3.8) is 0 Å². The Hall–Kier alpha value is -1.27. The lowest BCUT2D eigenvalue weighted by atomic mass is 10.2. The van der Waals surface area contributed by atoms with Gasteiger partial charge in [0.25, 0.3) is 0 Å². The Morgan fingerprint density at radius 3 is 2.70 bits per heavy atom. The standard InChI is InChI=1S/C18H19ClINO2/c1-4-12(2)23-18-14(19)9-13(10-17(18)22-3)11-21-16-8-6-5-7-15(16)20/h5-12H,4H2,1-3H3/t12-/m1/s1. The van der Waals surface area contributed by atoms with Crippen molar-refractivity contribution in [3.8, 4) is 11.5 Å². The summed E-state index contributed by atoms with van der Waals surface area (Å²) >= 11 is 8.62. The van der Waals surface area contributed by atoms with Crippen molar-refractivity contribution in [2.24, 2.45) is 4.99 Å². The molecule has 0 heterocycles. The van der Waals surface area contributed by atoms with Crippen molar-refractivity contribution in [2.45, 2.75) is 26.4 Å². The number of hydrogen-bond acceptors (Lipinski definition) is 3. The van der Waals surface area contributed by atoms with Gasteiger partial charge < -0.3 is 9.47 Å². The van der Waals surface area contributed by atoms with Crippen LogP contribution in [0.1, 0.15) is 25.8 Å². The molecule has 0 aliphatic carbocycles. The van der Waals surface area contributed by atoms with Crippen LogP contribution in [0.4, 0.5) is 5.69 Å². The highest BCUT2D eigenvalue weighted by atomic mass is 127. The van der Waals surface area contributed by atoms with Gasteiger partial charge in [-0.15, -0.1) is 0 Å². The first-order chi connectivity index (χ1) is 11.0. The SMILES string of the molecule is CC[C@@H](C)Oc1c(Cl)cc(C=Nc2ccccc2I)cc1OC. The summed E-state index contributed by atoms with van der Waals surface area (Å²) in [6.07, 6.45) is 2.75. The third-order valence-electron chi connectivity index (χ3n) is 3.35. The van der Waals surface area contributed by atoms with Gasteiger partial charge in [-0.2, -0.15) is 0 Å². The monoisotopic (exact) mass is 443 g/mol. The van der Waals surface area contributed by atoms with Gasteiger partial charge in [0.1, 0.15) is 0 Å². The average Bonchev–Trinajstić information content (AvgIpc) is 2.55. The second-order valence-corrected chi connectivity index (χ2v) is 6.65. The Balaban J connectivity index is 2.31. The molecule has 2 aromatic carbocycles. The Bertz CT molecular complexity index is 703. The number of nitrogens with zero attached hydrogens (tertiary/aromatic N) is 1. The van der Waals surface area contributed by atoms with E-state index in [-0.39, 0.29) is 6.10 Å². The normalized spacial score (nSPS) is 12.4. The zero-order valence-corrected chi connectivity index (χ0v) is 16.3. The van der Waals surface area contributed by atoms with Crippen LogP contribution in [-0.2, 0) is 0 Å². The number of halogens is 2. The molecule has 0 N–H and O–H groups in total. The molecule has 2 rings (SSSR count).